The molecule has 1 aliphatic carbocycles. The monoisotopic (exact) mass is 153 g/mol. The van der Waals surface area contributed by atoms with Crippen LogP contribution in [0, 0.1) is 11.3 Å². The Labute approximate surface area is 69.8 Å². The molecular weight excluding hydrogens is 134 g/mol. The highest BCUT2D eigenvalue weighted by atomic mass is 15.1. The molecule has 0 radical (unpaired) electrons. The van der Waals surface area contributed by atoms with Crippen LogP contribution >= 0.6 is 0 Å². The molecule has 2 fully saturated rings. The van der Waals surface area contributed by atoms with Crippen LogP contribution < -0.4 is 0 Å². The van der Waals surface area contributed by atoms with Crippen molar-refractivity contribution in [3.63, 3.8) is 0 Å². The molecule has 0 N–H and O–H groups in total. The van der Waals surface area contributed by atoms with Crippen LogP contribution in [0.15, 0.2) is 0 Å². The van der Waals surface area contributed by atoms with Crippen molar-refractivity contribution in [3.8, 4) is 0 Å². The minimum Gasteiger partial charge on any atom is -0.306 e. The molecule has 64 valence electrons. The average Bonchev–Trinajstić information content (AvgIpc) is 2.28. The predicted molar refractivity (Wildman–Crippen MR) is 47.6 cm³/mol. The zero-order chi connectivity index (χ0) is 7.90. The lowest BCUT2D eigenvalue weighted by atomic mass is 9.61. The van der Waals surface area contributed by atoms with Crippen LogP contribution in [-0.4, -0.2) is 25.0 Å². The van der Waals surface area contributed by atoms with Crippen molar-refractivity contribution in [1.82, 2.24) is 4.90 Å². The fraction of sp³-hybridized carbons (Fsp3) is 1.00. The number of hydrogen-bond donors (Lipinski definition) is 0. The van der Waals surface area contributed by atoms with E-state index in [0.717, 1.165) is 11.3 Å². The molecule has 0 aromatic rings. The molecule has 1 heteroatoms. The maximum atomic E-state index is 2.49. The minimum absolute atomic E-state index is 0.787. The summed E-state index contributed by atoms with van der Waals surface area (Å²) in [4.78, 5) is 2.49. The second-order valence-electron chi connectivity index (χ2n) is 4.67. The van der Waals surface area contributed by atoms with Crippen molar-refractivity contribution >= 4 is 0 Å². The van der Waals surface area contributed by atoms with Crippen LogP contribution in [0.25, 0.3) is 0 Å². The SMILES string of the molecule is CCC1CC2(CCN(C)C2)C1. The lowest BCUT2D eigenvalue weighted by Crippen LogP contribution is -2.38. The smallest absolute Gasteiger partial charge is 0.00356 e. The van der Waals surface area contributed by atoms with Gasteiger partial charge in [0, 0.05) is 6.54 Å². The Hall–Kier alpha value is -0.0400. The lowest BCUT2D eigenvalue weighted by molar-refractivity contribution is 0.0639. The third kappa shape index (κ3) is 1.20. The van der Waals surface area contributed by atoms with Gasteiger partial charge >= 0.3 is 0 Å². The summed E-state index contributed by atoms with van der Waals surface area (Å²) < 4.78 is 0. The van der Waals surface area contributed by atoms with Crippen LogP contribution in [-0.2, 0) is 0 Å². The van der Waals surface area contributed by atoms with Crippen molar-refractivity contribution in [2.45, 2.75) is 32.6 Å². The summed E-state index contributed by atoms with van der Waals surface area (Å²) in [6.07, 6.45) is 5.92. The largest absolute Gasteiger partial charge is 0.306 e. The van der Waals surface area contributed by atoms with Crippen LogP contribution in [0.5, 0.6) is 0 Å². The maximum absolute atomic E-state index is 2.49. The van der Waals surface area contributed by atoms with E-state index in [0.29, 0.717) is 0 Å². The Bertz CT molecular complexity index is 147. The number of rotatable bonds is 1. The van der Waals surface area contributed by atoms with Crippen molar-refractivity contribution < 1.29 is 0 Å². The summed E-state index contributed by atoms with van der Waals surface area (Å²) >= 11 is 0. The molecule has 1 saturated heterocycles. The zero-order valence-electron chi connectivity index (χ0n) is 7.77. The Morgan fingerprint density at radius 3 is 2.64 bits per heavy atom. The first-order valence-electron chi connectivity index (χ1n) is 4.93. The normalized spacial score (nSPS) is 44.7. The predicted octanol–water partition coefficient (Wildman–Crippen LogP) is 2.13. The molecule has 0 aromatic heterocycles. The van der Waals surface area contributed by atoms with Crippen molar-refractivity contribution in [1.29, 1.82) is 0 Å². The van der Waals surface area contributed by atoms with Crippen LogP contribution in [0.1, 0.15) is 32.6 Å². The third-order valence-corrected chi connectivity index (χ3v) is 3.65. The second-order valence-corrected chi connectivity index (χ2v) is 4.67. The van der Waals surface area contributed by atoms with Gasteiger partial charge in [-0.25, -0.2) is 0 Å². The lowest BCUT2D eigenvalue weighted by Gasteiger charge is -2.45. The van der Waals surface area contributed by atoms with E-state index in [2.05, 4.69) is 18.9 Å². The summed E-state index contributed by atoms with van der Waals surface area (Å²) in [5.74, 6) is 1.07. The Kier molecular flexibility index (Phi) is 1.71. The minimum atomic E-state index is 0.787. The topological polar surface area (TPSA) is 3.24 Å². The van der Waals surface area contributed by atoms with E-state index in [9.17, 15) is 0 Å². The van der Waals surface area contributed by atoms with E-state index in [4.69, 9.17) is 0 Å². The molecule has 0 atom stereocenters. The van der Waals surface area contributed by atoms with Gasteiger partial charge < -0.3 is 4.90 Å². The van der Waals surface area contributed by atoms with E-state index in [-0.39, 0.29) is 0 Å². The van der Waals surface area contributed by atoms with Gasteiger partial charge in [0.15, 0.2) is 0 Å². The highest BCUT2D eigenvalue weighted by molar-refractivity contribution is 4.98. The standard InChI is InChI=1S/C10H19N/c1-3-9-6-10(7-9)4-5-11(2)8-10/h9H,3-8H2,1-2H3. The molecule has 1 heterocycles. The van der Waals surface area contributed by atoms with Crippen LogP contribution in [0.3, 0.4) is 0 Å². The first-order chi connectivity index (χ1) is 5.24. The third-order valence-electron chi connectivity index (χ3n) is 3.65. The van der Waals surface area contributed by atoms with Gasteiger partial charge in [0.05, 0.1) is 0 Å². The first kappa shape index (κ1) is 7.60. The highest BCUT2D eigenvalue weighted by Gasteiger charge is 2.46. The number of hydrogen-bond acceptors (Lipinski definition) is 1. The summed E-state index contributed by atoms with van der Waals surface area (Å²) in [6.45, 7) is 5.05. The molecule has 1 nitrogen and oxygen atoms in total. The fourth-order valence-corrected chi connectivity index (χ4v) is 2.95. The summed E-state index contributed by atoms with van der Waals surface area (Å²) in [6, 6.07) is 0. The van der Waals surface area contributed by atoms with E-state index in [1.165, 1.54) is 38.8 Å². The second kappa shape index (κ2) is 2.48. The number of nitrogens with zero attached hydrogens (tertiary/aromatic N) is 1. The van der Waals surface area contributed by atoms with E-state index in [1.54, 1.807) is 0 Å². The zero-order valence-corrected chi connectivity index (χ0v) is 7.77. The van der Waals surface area contributed by atoms with Gasteiger partial charge in [-0.15, -0.1) is 0 Å². The van der Waals surface area contributed by atoms with Gasteiger partial charge in [-0.1, -0.05) is 13.3 Å². The highest BCUT2D eigenvalue weighted by Crippen LogP contribution is 2.52. The van der Waals surface area contributed by atoms with Gasteiger partial charge in [0.25, 0.3) is 0 Å². The maximum Gasteiger partial charge on any atom is 0.00356 e. The van der Waals surface area contributed by atoms with Gasteiger partial charge in [-0.05, 0) is 44.2 Å². The summed E-state index contributed by atoms with van der Waals surface area (Å²) in [5, 5.41) is 0. The molecule has 0 amide bonds. The first-order valence-corrected chi connectivity index (χ1v) is 4.93. The molecule has 2 aliphatic rings. The molecule has 0 unspecified atom stereocenters. The van der Waals surface area contributed by atoms with Gasteiger partial charge in [-0.2, -0.15) is 0 Å². The molecule has 11 heavy (non-hydrogen) atoms. The average molecular weight is 153 g/mol. The molecule has 0 aromatic carbocycles. The van der Waals surface area contributed by atoms with E-state index < -0.39 is 0 Å². The van der Waals surface area contributed by atoms with Gasteiger partial charge in [-0.3, -0.25) is 0 Å². The molecular formula is C10H19N. The summed E-state index contributed by atoms with van der Waals surface area (Å²) in [5.41, 5.74) is 0.787. The van der Waals surface area contributed by atoms with Crippen molar-refractivity contribution in [3.05, 3.63) is 0 Å². The van der Waals surface area contributed by atoms with Gasteiger partial charge in [0.2, 0.25) is 0 Å². The Morgan fingerprint density at radius 1 is 1.45 bits per heavy atom. The quantitative estimate of drug-likeness (QED) is 0.558. The van der Waals surface area contributed by atoms with E-state index >= 15 is 0 Å². The van der Waals surface area contributed by atoms with E-state index in [1.807, 2.05) is 0 Å². The molecule has 1 saturated carbocycles. The summed E-state index contributed by atoms with van der Waals surface area (Å²) in [7, 11) is 2.26. The molecule has 1 aliphatic heterocycles. The number of likely N-dealkylation sites (tertiary alicyclic amines) is 1. The fourth-order valence-electron chi connectivity index (χ4n) is 2.95. The van der Waals surface area contributed by atoms with Gasteiger partial charge in [0.1, 0.15) is 0 Å². The van der Waals surface area contributed by atoms with Crippen molar-refractivity contribution in [2.24, 2.45) is 11.3 Å². The molecule has 0 bridgehead atoms. The Morgan fingerprint density at radius 2 is 2.18 bits per heavy atom. The van der Waals surface area contributed by atoms with Crippen molar-refractivity contribution in [2.75, 3.05) is 20.1 Å². The van der Waals surface area contributed by atoms with Crippen LogP contribution in [0.4, 0.5) is 0 Å². The van der Waals surface area contributed by atoms with Crippen LogP contribution in [0.2, 0.25) is 0 Å². The Balaban J connectivity index is 1.87. The molecule has 2 rings (SSSR count). The molecule has 1 spiro atoms.